The van der Waals surface area contributed by atoms with Crippen molar-refractivity contribution < 1.29 is 19.1 Å². The lowest BCUT2D eigenvalue weighted by Crippen LogP contribution is -2.25. The Morgan fingerprint density at radius 1 is 1.03 bits per heavy atom. The number of ketones is 1. The highest BCUT2D eigenvalue weighted by Crippen LogP contribution is 2.35. The van der Waals surface area contributed by atoms with E-state index in [1.807, 2.05) is 79.7 Å². The molecule has 2 heterocycles. The molecular formula is C26H20N2O4S. The first-order valence-corrected chi connectivity index (χ1v) is 11.4. The highest BCUT2D eigenvalue weighted by Gasteiger charge is 2.32. The first kappa shape index (κ1) is 21.0. The number of hydrogen-bond acceptors (Lipinski definition) is 6. The van der Waals surface area contributed by atoms with Crippen LogP contribution in [0.5, 0.6) is 11.5 Å². The Bertz CT molecular complexity index is 1280. The molecule has 2 aliphatic heterocycles. The predicted molar refractivity (Wildman–Crippen MR) is 130 cm³/mol. The van der Waals surface area contributed by atoms with Crippen LogP contribution in [0.3, 0.4) is 0 Å². The van der Waals surface area contributed by atoms with E-state index in [9.17, 15) is 9.59 Å². The molecule has 7 heteroatoms. The zero-order chi connectivity index (χ0) is 22.8. The number of thioether (sulfide) groups is 1. The quantitative estimate of drug-likeness (QED) is 0.394. The minimum Gasteiger partial charge on any atom is -0.454 e. The van der Waals surface area contributed by atoms with Crippen molar-refractivity contribution in [2.45, 2.75) is 6.92 Å². The van der Waals surface area contributed by atoms with Crippen molar-refractivity contribution in [3.63, 3.8) is 0 Å². The maximum absolute atomic E-state index is 12.9. The van der Waals surface area contributed by atoms with Crippen LogP contribution in [0.2, 0.25) is 0 Å². The van der Waals surface area contributed by atoms with Crippen LogP contribution in [-0.4, -0.2) is 29.4 Å². The fourth-order valence-corrected chi connectivity index (χ4v) is 4.46. The highest BCUT2D eigenvalue weighted by molar-refractivity contribution is 8.14. The van der Waals surface area contributed by atoms with Gasteiger partial charge in [0.25, 0.3) is 5.91 Å². The van der Waals surface area contributed by atoms with Gasteiger partial charge in [0.2, 0.25) is 6.79 Å². The molecule has 1 amide bonds. The number of carbonyl (C=O) groups excluding carboxylic acids is 2. The van der Waals surface area contributed by atoms with Gasteiger partial charge in [-0.25, -0.2) is 0 Å². The Labute approximate surface area is 195 Å². The first-order valence-electron chi connectivity index (χ1n) is 10.4. The topological polar surface area (TPSA) is 68.2 Å². The maximum atomic E-state index is 12.9. The van der Waals surface area contributed by atoms with Crippen molar-refractivity contribution in [3.05, 3.63) is 95.2 Å². The van der Waals surface area contributed by atoms with Gasteiger partial charge in [-0.15, -0.1) is 0 Å². The van der Waals surface area contributed by atoms with Crippen LogP contribution < -0.4 is 14.4 Å². The first-order chi connectivity index (χ1) is 16.1. The summed E-state index contributed by atoms with van der Waals surface area (Å²) in [5.74, 6) is 1.12. The van der Waals surface area contributed by atoms with Crippen molar-refractivity contribution in [2.24, 2.45) is 4.99 Å². The van der Waals surface area contributed by atoms with Gasteiger partial charge in [0.05, 0.1) is 5.75 Å². The number of carbonyl (C=O) groups is 2. The number of aliphatic imine (C=N–C) groups is 1. The molecular weight excluding hydrogens is 436 g/mol. The SMILES string of the molecule is Cc1ccc(C(=O)CSC2=NC(=O)C(=Cc3ccc4c(c3)OCO4)N2c2ccccc2)cc1. The van der Waals surface area contributed by atoms with Gasteiger partial charge < -0.3 is 9.47 Å². The summed E-state index contributed by atoms with van der Waals surface area (Å²) < 4.78 is 10.8. The van der Waals surface area contributed by atoms with E-state index in [0.717, 1.165) is 16.8 Å². The number of amides is 1. The van der Waals surface area contributed by atoms with E-state index in [1.54, 1.807) is 11.0 Å². The molecule has 3 aromatic carbocycles. The third-order valence-electron chi connectivity index (χ3n) is 5.27. The largest absolute Gasteiger partial charge is 0.454 e. The summed E-state index contributed by atoms with van der Waals surface area (Å²) in [7, 11) is 0. The summed E-state index contributed by atoms with van der Waals surface area (Å²) in [5.41, 5.74) is 3.73. The third kappa shape index (κ3) is 4.40. The third-order valence-corrected chi connectivity index (χ3v) is 6.21. The lowest BCUT2D eigenvalue weighted by Gasteiger charge is -2.21. The number of Topliss-reactive ketones (excluding diaryl/α,β-unsaturated/α-hetero) is 1. The number of rotatable bonds is 5. The van der Waals surface area contributed by atoms with Crippen molar-refractivity contribution in [2.75, 3.05) is 17.4 Å². The average molecular weight is 457 g/mol. The molecule has 0 fully saturated rings. The van der Waals surface area contributed by atoms with Crippen molar-refractivity contribution in [1.82, 2.24) is 0 Å². The summed E-state index contributed by atoms with van der Waals surface area (Å²) in [6, 6.07) is 22.5. The maximum Gasteiger partial charge on any atom is 0.296 e. The molecule has 0 unspecified atom stereocenters. The molecule has 5 rings (SSSR count). The predicted octanol–water partition coefficient (Wildman–Crippen LogP) is 5.08. The number of benzene rings is 3. The van der Waals surface area contributed by atoms with Gasteiger partial charge in [-0.2, -0.15) is 4.99 Å². The summed E-state index contributed by atoms with van der Waals surface area (Å²) >= 11 is 1.25. The Morgan fingerprint density at radius 3 is 2.58 bits per heavy atom. The lowest BCUT2D eigenvalue weighted by molar-refractivity contribution is -0.113. The van der Waals surface area contributed by atoms with Crippen LogP contribution in [0.25, 0.3) is 6.08 Å². The fraction of sp³-hybridized carbons (Fsp3) is 0.115. The van der Waals surface area contributed by atoms with Crippen molar-refractivity contribution >= 4 is 40.4 Å². The lowest BCUT2D eigenvalue weighted by atomic mass is 10.1. The van der Waals surface area contributed by atoms with Gasteiger partial charge in [-0.05, 0) is 42.8 Å². The zero-order valence-corrected chi connectivity index (χ0v) is 18.7. The molecule has 0 atom stereocenters. The van der Waals surface area contributed by atoms with E-state index >= 15 is 0 Å². The molecule has 0 saturated heterocycles. The van der Waals surface area contributed by atoms with Crippen LogP contribution in [-0.2, 0) is 4.79 Å². The summed E-state index contributed by atoms with van der Waals surface area (Å²) in [5, 5.41) is 0.471. The monoisotopic (exact) mass is 456 g/mol. The number of hydrogen-bond donors (Lipinski definition) is 0. The molecule has 2 aliphatic rings. The second-order valence-electron chi connectivity index (χ2n) is 7.59. The number of anilines is 1. The van der Waals surface area contributed by atoms with Crippen molar-refractivity contribution in [1.29, 1.82) is 0 Å². The highest BCUT2D eigenvalue weighted by atomic mass is 32.2. The van der Waals surface area contributed by atoms with Crippen LogP contribution in [0.1, 0.15) is 21.5 Å². The summed E-state index contributed by atoms with van der Waals surface area (Å²) in [4.78, 5) is 31.7. The normalized spacial score (nSPS) is 15.8. The molecule has 0 aromatic heterocycles. The number of nitrogens with zero attached hydrogens (tertiary/aromatic N) is 2. The molecule has 3 aromatic rings. The summed E-state index contributed by atoms with van der Waals surface area (Å²) in [6.45, 7) is 2.16. The average Bonchev–Trinajstić information content (AvgIpc) is 3.42. The van der Waals surface area contributed by atoms with Gasteiger partial charge in [0, 0.05) is 11.3 Å². The Balaban J connectivity index is 1.43. The number of aryl methyl sites for hydroxylation is 1. The van der Waals surface area contributed by atoms with E-state index in [-0.39, 0.29) is 24.2 Å². The molecule has 0 spiro atoms. The number of para-hydroxylation sites is 1. The van der Waals surface area contributed by atoms with Gasteiger partial charge in [-0.1, -0.05) is 65.9 Å². The fourth-order valence-electron chi connectivity index (χ4n) is 3.56. The van der Waals surface area contributed by atoms with Crippen LogP contribution in [0, 0.1) is 6.92 Å². The molecule has 164 valence electrons. The van der Waals surface area contributed by atoms with E-state index in [4.69, 9.17) is 9.47 Å². The molecule has 0 saturated carbocycles. The van der Waals surface area contributed by atoms with Crippen LogP contribution in [0.15, 0.2) is 83.5 Å². The number of fused-ring (bicyclic) bond motifs is 1. The van der Waals surface area contributed by atoms with E-state index in [1.165, 1.54) is 11.8 Å². The Morgan fingerprint density at radius 2 is 1.79 bits per heavy atom. The molecule has 0 bridgehead atoms. The van der Waals surface area contributed by atoms with E-state index < -0.39 is 0 Å². The number of amidine groups is 1. The van der Waals surface area contributed by atoms with Gasteiger partial charge in [0.15, 0.2) is 22.4 Å². The second kappa shape index (κ2) is 8.96. The molecule has 0 aliphatic carbocycles. The van der Waals surface area contributed by atoms with Gasteiger partial charge in [0.1, 0.15) is 5.70 Å². The standard InChI is InChI=1S/C26H20N2O4S/c1-17-7-10-19(11-8-17)22(29)15-33-26-27-25(30)21(28(26)20-5-3-2-4-6-20)13-18-9-12-23-24(14-18)32-16-31-23/h2-14H,15-16H2,1H3. The summed E-state index contributed by atoms with van der Waals surface area (Å²) in [6.07, 6.45) is 1.77. The Kier molecular flexibility index (Phi) is 5.71. The van der Waals surface area contributed by atoms with Gasteiger partial charge >= 0.3 is 0 Å². The number of ether oxygens (including phenoxy) is 2. The van der Waals surface area contributed by atoms with E-state index in [2.05, 4.69) is 4.99 Å². The molecule has 0 N–H and O–H groups in total. The van der Waals surface area contributed by atoms with Crippen LogP contribution in [0.4, 0.5) is 5.69 Å². The minimum atomic E-state index is -0.359. The minimum absolute atomic E-state index is 0.0173. The molecule has 6 nitrogen and oxygen atoms in total. The zero-order valence-electron chi connectivity index (χ0n) is 17.9. The van der Waals surface area contributed by atoms with E-state index in [0.29, 0.717) is 27.9 Å². The van der Waals surface area contributed by atoms with Gasteiger partial charge in [-0.3, -0.25) is 14.5 Å². The Hall–Kier alpha value is -3.84. The molecule has 33 heavy (non-hydrogen) atoms. The molecule has 0 radical (unpaired) electrons. The van der Waals surface area contributed by atoms with Crippen LogP contribution >= 0.6 is 11.8 Å². The smallest absolute Gasteiger partial charge is 0.296 e. The van der Waals surface area contributed by atoms with Crippen molar-refractivity contribution in [3.8, 4) is 11.5 Å². The second-order valence-corrected chi connectivity index (χ2v) is 8.53.